The van der Waals surface area contributed by atoms with Gasteiger partial charge in [0.1, 0.15) is 12.8 Å². The maximum absolute atomic E-state index is 14.1. The summed E-state index contributed by atoms with van der Waals surface area (Å²) in [5, 5.41) is 19.8. The van der Waals surface area contributed by atoms with Crippen LogP contribution < -0.4 is 11.2 Å². The molecule has 1 rings (SSSR count). The molecule has 0 spiro atoms. The molecule has 0 aromatic carbocycles. The number of aliphatic hydroxyl groups is 2. The topological polar surface area (TPSA) is 264 Å². The van der Waals surface area contributed by atoms with Gasteiger partial charge in [-0.05, 0) is 6.92 Å². The highest BCUT2D eigenvalue weighted by Gasteiger charge is 2.47. The lowest BCUT2D eigenvalue weighted by molar-refractivity contribution is -0.199. The molecule has 194 valence electrons. The number of aromatic amines is 1. The van der Waals surface area contributed by atoms with Crippen molar-refractivity contribution in [2.24, 2.45) is 0 Å². The first-order chi connectivity index (χ1) is 15.5. The van der Waals surface area contributed by atoms with Crippen LogP contribution in [0.15, 0.2) is 21.9 Å². The van der Waals surface area contributed by atoms with Gasteiger partial charge >= 0.3 is 29.2 Å². The molecule has 1 heterocycles. The molecular weight excluding hydrogens is 536 g/mol. The largest absolute Gasteiger partial charge is 0.490 e. The first-order valence-electron chi connectivity index (χ1n) is 8.54. The molecule has 0 aliphatic heterocycles. The molecular formula is C13H20FN2O15P3. The van der Waals surface area contributed by atoms with Crippen LogP contribution in [0.2, 0.25) is 0 Å². The molecule has 17 nitrogen and oxygen atoms in total. The van der Waals surface area contributed by atoms with Crippen LogP contribution in [0, 0.1) is 11.8 Å². The maximum atomic E-state index is 14.1. The predicted octanol–water partition coefficient (Wildman–Crippen LogP) is -1.52. The van der Waals surface area contributed by atoms with E-state index in [4.69, 9.17) is 14.5 Å². The quantitative estimate of drug-likeness (QED) is 0.107. The van der Waals surface area contributed by atoms with Crippen molar-refractivity contribution in [3.05, 3.63) is 33.1 Å². The lowest BCUT2D eigenvalue weighted by atomic mass is 9.99. The highest BCUT2D eigenvalue weighted by molar-refractivity contribution is 7.66. The van der Waals surface area contributed by atoms with Crippen molar-refractivity contribution in [3.63, 3.8) is 0 Å². The number of halogens is 1. The second kappa shape index (κ2) is 11.9. The van der Waals surface area contributed by atoms with Crippen molar-refractivity contribution in [1.82, 2.24) is 9.55 Å². The number of phosphoric ester groups is 1. The first-order valence-corrected chi connectivity index (χ1v) is 13.1. The summed E-state index contributed by atoms with van der Waals surface area (Å²) < 4.78 is 65.3. The Labute approximate surface area is 189 Å². The van der Waals surface area contributed by atoms with Gasteiger partial charge in [-0.15, -0.1) is 5.92 Å². The van der Waals surface area contributed by atoms with Crippen molar-refractivity contribution in [1.29, 1.82) is 0 Å². The summed E-state index contributed by atoms with van der Waals surface area (Å²) in [6.07, 6.45) is -3.18. The van der Waals surface area contributed by atoms with E-state index in [-0.39, 0.29) is 0 Å². The summed E-state index contributed by atoms with van der Waals surface area (Å²) in [5.41, 5.74) is -4.74. The lowest BCUT2D eigenvalue weighted by Crippen LogP contribution is -2.53. The third-order valence-electron chi connectivity index (χ3n) is 3.58. The Morgan fingerprint density at radius 3 is 2.26 bits per heavy atom. The average molecular weight is 556 g/mol. The number of hydrogen-bond donors (Lipinski definition) is 7. The van der Waals surface area contributed by atoms with Crippen LogP contribution in [0.3, 0.4) is 0 Å². The Morgan fingerprint density at radius 1 is 1.18 bits per heavy atom. The van der Waals surface area contributed by atoms with E-state index in [0.717, 1.165) is 12.3 Å². The Kier molecular flexibility index (Phi) is 10.7. The molecule has 3 unspecified atom stereocenters. The Hall–Kier alpha value is -1.54. The van der Waals surface area contributed by atoms with Gasteiger partial charge in [-0.3, -0.25) is 18.9 Å². The van der Waals surface area contributed by atoms with Crippen molar-refractivity contribution in [3.8, 4) is 11.8 Å². The third kappa shape index (κ3) is 9.25. The van der Waals surface area contributed by atoms with Crippen LogP contribution in [0.1, 0.15) is 13.2 Å². The Bertz CT molecular complexity index is 1170. The second-order valence-electron chi connectivity index (χ2n) is 6.13. The van der Waals surface area contributed by atoms with Crippen LogP contribution in [-0.2, 0) is 31.6 Å². The number of rotatable bonds is 13. The molecule has 5 atom stereocenters. The highest BCUT2D eigenvalue weighted by Crippen LogP contribution is 2.66. The Morgan fingerprint density at radius 2 is 1.79 bits per heavy atom. The average Bonchev–Trinajstić information content (AvgIpc) is 2.66. The van der Waals surface area contributed by atoms with Gasteiger partial charge in [0.15, 0.2) is 11.8 Å². The monoisotopic (exact) mass is 556 g/mol. The van der Waals surface area contributed by atoms with E-state index in [0.29, 0.717) is 4.57 Å². The van der Waals surface area contributed by atoms with Gasteiger partial charge in [0.25, 0.3) is 5.56 Å². The third-order valence-corrected chi connectivity index (χ3v) is 7.36. The van der Waals surface area contributed by atoms with E-state index in [2.05, 4.69) is 19.1 Å². The zero-order chi connectivity index (χ0) is 26.4. The molecule has 34 heavy (non-hydrogen) atoms. The van der Waals surface area contributed by atoms with E-state index in [1.807, 2.05) is 10.9 Å². The second-order valence-corrected chi connectivity index (χ2v) is 10.6. The fraction of sp³-hybridized carbons (Fsp3) is 0.538. The summed E-state index contributed by atoms with van der Waals surface area (Å²) in [7, 11) is -17.3. The number of ether oxygens (including phenoxy) is 1. The molecule has 0 aliphatic rings. The molecule has 0 aliphatic carbocycles. The number of aliphatic hydroxyl groups excluding tert-OH is 2. The van der Waals surface area contributed by atoms with Gasteiger partial charge in [-0.2, -0.15) is 8.62 Å². The van der Waals surface area contributed by atoms with Crippen LogP contribution >= 0.6 is 23.5 Å². The standard InChI is InChI=1S/C13H20FN2O15P3/c1-2-3-9(18)13(7-14,29-11(6-17)16-5-4-10(19)15-12(16)20)8-28-33(24,25)31-34(26,27)30-32(21,22)23/h4-5,9,11,17-18H,6-8H2,1H3,(H,24,25)(H,26,27)(H,15,19,20)(H2,21,22,23)/t9-,11+,13?/m0/s1. The SMILES string of the molecule is CC#C[C@H](O)C(CF)(COP(=O)(O)OP(=O)(O)OP(=O)(O)O)O[C@H](CO)n1ccc(=O)[nH]c1=O. The number of nitrogens with one attached hydrogen (secondary N) is 1. The number of nitrogens with zero attached hydrogens (tertiary/aromatic N) is 1. The molecule has 21 heteroatoms. The Balaban J connectivity index is 3.28. The van der Waals surface area contributed by atoms with Gasteiger partial charge < -0.3 is 34.5 Å². The smallest absolute Gasteiger partial charge is 0.392 e. The van der Waals surface area contributed by atoms with Gasteiger partial charge in [-0.1, -0.05) is 5.92 Å². The molecule has 0 radical (unpaired) electrons. The molecule has 0 amide bonds. The van der Waals surface area contributed by atoms with Crippen molar-refractivity contribution >= 4 is 23.5 Å². The number of H-pyrrole nitrogens is 1. The number of hydrogen-bond acceptors (Lipinski definition) is 11. The molecule has 0 fully saturated rings. The molecule has 0 saturated carbocycles. The number of aromatic nitrogens is 2. The maximum Gasteiger partial charge on any atom is 0.490 e. The van der Waals surface area contributed by atoms with Crippen LogP contribution in [0.4, 0.5) is 4.39 Å². The van der Waals surface area contributed by atoms with Gasteiger partial charge in [-0.25, -0.2) is 22.9 Å². The van der Waals surface area contributed by atoms with Crippen molar-refractivity contribution in [2.75, 3.05) is 19.9 Å². The number of phosphoric acid groups is 3. The van der Waals surface area contributed by atoms with Crippen LogP contribution in [-0.4, -0.2) is 70.9 Å². The molecule has 7 N–H and O–H groups in total. The molecule has 1 aromatic rings. The molecule has 0 bridgehead atoms. The summed E-state index contributed by atoms with van der Waals surface area (Å²) in [6, 6.07) is 0.832. The van der Waals surface area contributed by atoms with Gasteiger partial charge in [0.2, 0.25) is 0 Å². The molecule has 1 aromatic heterocycles. The van der Waals surface area contributed by atoms with E-state index >= 15 is 0 Å². The van der Waals surface area contributed by atoms with Crippen molar-refractivity contribution < 1.29 is 65.8 Å². The van der Waals surface area contributed by atoms with Gasteiger partial charge in [0.05, 0.1) is 13.2 Å². The summed E-state index contributed by atoms with van der Waals surface area (Å²) in [5.74, 6) is 4.23. The van der Waals surface area contributed by atoms with Crippen LogP contribution in [0.25, 0.3) is 0 Å². The minimum atomic E-state index is -5.90. The summed E-state index contributed by atoms with van der Waals surface area (Å²) in [4.78, 5) is 60.8. The van der Waals surface area contributed by atoms with E-state index in [1.165, 1.54) is 6.92 Å². The minimum Gasteiger partial charge on any atom is -0.392 e. The fourth-order valence-corrected chi connectivity index (χ4v) is 5.27. The summed E-state index contributed by atoms with van der Waals surface area (Å²) >= 11 is 0. The zero-order valence-electron chi connectivity index (χ0n) is 17.0. The fourth-order valence-electron chi connectivity index (χ4n) is 2.19. The summed E-state index contributed by atoms with van der Waals surface area (Å²) in [6.45, 7) is -3.15. The number of alkyl halides is 1. The van der Waals surface area contributed by atoms with E-state index < -0.39 is 72.5 Å². The normalized spacial score (nSPS) is 19.1. The molecule has 0 saturated heterocycles. The first kappa shape index (κ1) is 30.5. The lowest BCUT2D eigenvalue weighted by Gasteiger charge is -2.36. The van der Waals surface area contributed by atoms with E-state index in [1.54, 1.807) is 0 Å². The van der Waals surface area contributed by atoms with Crippen molar-refractivity contribution in [2.45, 2.75) is 24.9 Å². The van der Waals surface area contributed by atoms with Crippen LogP contribution in [0.5, 0.6) is 0 Å². The predicted molar refractivity (Wildman–Crippen MR) is 107 cm³/mol. The highest BCUT2D eigenvalue weighted by atomic mass is 31.3. The zero-order valence-corrected chi connectivity index (χ0v) is 19.6. The minimum absolute atomic E-state index is 0.558. The van der Waals surface area contributed by atoms with E-state index in [9.17, 15) is 47.7 Å². The van der Waals surface area contributed by atoms with Gasteiger partial charge in [0, 0.05) is 12.3 Å².